The molecule has 2 aromatic heterocycles. The van der Waals surface area contributed by atoms with E-state index < -0.39 is 0 Å². The molecular formula is C25H36N4O. The van der Waals surface area contributed by atoms with Crippen molar-refractivity contribution in [3.63, 3.8) is 0 Å². The van der Waals surface area contributed by atoms with Gasteiger partial charge in [-0.2, -0.15) is 5.10 Å². The van der Waals surface area contributed by atoms with Gasteiger partial charge in [0, 0.05) is 28.2 Å². The van der Waals surface area contributed by atoms with Crippen LogP contribution in [0.15, 0.2) is 24.3 Å². The topological polar surface area (TPSA) is 73.6 Å². The molecule has 0 fully saturated rings. The number of nitrogens with one attached hydrogen (secondary N) is 3. The molecule has 5 heteroatoms. The Bertz CT molecular complexity index is 1050. The largest absolute Gasteiger partial charge is 0.353 e. The molecule has 0 aliphatic rings. The molecule has 3 N–H and O–H groups in total. The number of aromatic nitrogens is 3. The lowest BCUT2D eigenvalue weighted by atomic mass is 9.84. The summed E-state index contributed by atoms with van der Waals surface area (Å²) in [5.41, 5.74) is 6.14. The highest BCUT2D eigenvalue weighted by Crippen LogP contribution is 2.31. The van der Waals surface area contributed by atoms with Crippen LogP contribution in [0.5, 0.6) is 0 Å². The minimum atomic E-state index is -0.0458. The summed E-state index contributed by atoms with van der Waals surface area (Å²) in [4.78, 5) is 16.2. The molecular weight excluding hydrogens is 372 g/mol. The highest BCUT2D eigenvalue weighted by molar-refractivity contribution is 5.99. The van der Waals surface area contributed by atoms with Crippen LogP contribution >= 0.6 is 0 Å². The summed E-state index contributed by atoms with van der Waals surface area (Å²) in [7, 11) is 0. The van der Waals surface area contributed by atoms with E-state index in [1.54, 1.807) is 0 Å². The third-order valence-corrected chi connectivity index (χ3v) is 6.51. The van der Waals surface area contributed by atoms with Crippen molar-refractivity contribution in [1.29, 1.82) is 0 Å². The maximum atomic E-state index is 12.7. The summed E-state index contributed by atoms with van der Waals surface area (Å²) in [6.07, 6.45) is 2.09. The normalized spacial score (nSPS) is 13.6. The standard InChI is InChI=1S/C25H36N4O/c1-9-25(7,8)14-21-15(2)22(29-28-21)20-12-17-10-11-18(13-19(17)27-20)23(30)26-16(3)24(4,5)6/h10-13,16,27H,9,14H2,1-8H3,(H,26,30)(H,28,29). The molecule has 1 amide bonds. The molecule has 3 rings (SSSR count). The van der Waals surface area contributed by atoms with Gasteiger partial charge >= 0.3 is 0 Å². The zero-order chi connectivity index (χ0) is 22.3. The van der Waals surface area contributed by atoms with Gasteiger partial charge in [-0.05, 0) is 54.9 Å². The van der Waals surface area contributed by atoms with Crippen molar-refractivity contribution in [2.45, 2.75) is 74.3 Å². The van der Waals surface area contributed by atoms with Crippen molar-refractivity contribution in [2.75, 3.05) is 0 Å². The number of rotatable bonds is 6. The van der Waals surface area contributed by atoms with Crippen LogP contribution in [0.25, 0.3) is 22.3 Å². The summed E-state index contributed by atoms with van der Waals surface area (Å²) >= 11 is 0. The first-order chi connectivity index (χ1) is 13.9. The second-order valence-electron chi connectivity index (χ2n) is 10.4. The van der Waals surface area contributed by atoms with Crippen LogP contribution in [0.1, 0.15) is 76.5 Å². The second-order valence-corrected chi connectivity index (χ2v) is 10.4. The van der Waals surface area contributed by atoms with Crippen molar-refractivity contribution in [3.8, 4) is 11.4 Å². The quantitative estimate of drug-likeness (QED) is 0.467. The molecule has 1 aromatic carbocycles. The first-order valence-corrected chi connectivity index (χ1v) is 10.9. The van der Waals surface area contributed by atoms with Crippen molar-refractivity contribution in [3.05, 3.63) is 41.1 Å². The smallest absolute Gasteiger partial charge is 0.251 e. The van der Waals surface area contributed by atoms with Crippen molar-refractivity contribution >= 4 is 16.8 Å². The lowest BCUT2D eigenvalue weighted by Gasteiger charge is -2.28. The Hall–Kier alpha value is -2.56. The van der Waals surface area contributed by atoms with Crippen molar-refractivity contribution in [2.24, 2.45) is 10.8 Å². The number of carbonyl (C=O) groups excluding carboxylic acids is 1. The highest BCUT2D eigenvalue weighted by Gasteiger charge is 2.23. The lowest BCUT2D eigenvalue weighted by Crippen LogP contribution is -2.41. The Labute approximate surface area is 180 Å². The molecule has 0 aliphatic heterocycles. The monoisotopic (exact) mass is 408 g/mol. The highest BCUT2D eigenvalue weighted by atomic mass is 16.1. The van der Waals surface area contributed by atoms with E-state index in [9.17, 15) is 4.79 Å². The Kier molecular flexibility index (Phi) is 5.85. The van der Waals surface area contributed by atoms with Crippen LogP contribution in [0.3, 0.4) is 0 Å². The van der Waals surface area contributed by atoms with Crippen LogP contribution in [-0.4, -0.2) is 27.1 Å². The number of carbonyl (C=O) groups is 1. The number of aromatic amines is 2. The van der Waals surface area contributed by atoms with Crippen LogP contribution in [0.4, 0.5) is 0 Å². The third kappa shape index (κ3) is 4.61. The van der Waals surface area contributed by atoms with E-state index in [4.69, 9.17) is 0 Å². The molecule has 1 atom stereocenters. The number of hydrogen-bond donors (Lipinski definition) is 3. The number of nitrogens with zero attached hydrogens (tertiary/aromatic N) is 1. The van der Waals surface area contributed by atoms with E-state index in [-0.39, 0.29) is 22.8 Å². The summed E-state index contributed by atoms with van der Waals surface area (Å²) in [5.74, 6) is -0.0458. The number of H-pyrrole nitrogens is 2. The molecule has 0 spiro atoms. The Morgan fingerprint density at radius 2 is 1.87 bits per heavy atom. The predicted molar refractivity (Wildman–Crippen MR) is 125 cm³/mol. The van der Waals surface area contributed by atoms with Crippen LogP contribution in [-0.2, 0) is 6.42 Å². The Morgan fingerprint density at radius 3 is 2.50 bits per heavy atom. The number of amides is 1. The molecule has 0 saturated heterocycles. The minimum Gasteiger partial charge on any atom is -0.353 e. The van der Waals surface area contributed by atoms with Gasteiger partial charge in [-0.15, -0.1) is 0 Å². The first kappa shape index (κ1) is 22.1. The zero-order valence-corrected chi connectivity index (χ0v) is 19.7. The van der Waals surface area contributed by atoms with Crippen LogP contribution in [0.2, 0.25) is 0 Å². The van der Waals surface area contributed by atoms with E-state index in [1.807, 2.05) is 25.1 Å². The summed E-state index contributed by atoms with van der Waals surface area (Å²) < 4.78 is 0. The molecule has 30 heavy (non-hydrogen) atoms. The zero-order valence-electron chi connectivity index (χ0n) is 19.7. The van der Waals surface area contributed by atoms with E-state index in [0.717, 1.165) is 35.1 Å². The summed E-state index contributed by atoms with van der Waals surface area (Å²) in [5, 5.41) is 12.0. The fourth-order valence-electron chi connectivity index (χ4n) is 3.36. The van der Waals surface area contributed by atoms with Crippen LogP contribution in [0, 0.1) is 17.8 Å². The molecule has 0 saturated carbocycles. The number of benzene rings is 1. The van der Waals surface area contributed by atoms with E-state index >= 15 is 0 Å². The first-order valence-electron chi connectivity index (χ1n) is 10.9. The SMILES string of the molecule is CCC(C)(C)Cc1[nH]nc(-c2cc3ccc(C(=O)NC(C)C(C)(C)C)cc3[nH]2)c1C. The second kappa shape index (κ2) is 7.93. The van der Waals surface area contributed by atoms with Crippen molar-refractivity contribution in [1.82, 2.24) is 20.5 Å². The van der Waals surface area contributed by atoms with E-state index in [0.29, 0.717) is 5.56 Å². The molecule has 1 unspecified atom stereocenters. The predicted octanol–water partition coefficient (Wildman–Crippen LogP) is 6.01. The van der Waals surface area contributed by atoms with E-state index in [2.05, 4.69) is 75.0 Å². The van der Waals surface area contributed by atoms with Gasteiger partial charge in [0.05, 0.1) is 5.69 Å². The van der Waals surface area contributed by atoms with Gasteiger partial charge in [0.15, 0.2) is 0 Å². The average Bonchev–Trinajstić information content (AvgIpc) is 3.23. The summed E-state index contributed by atoms with van der Waals surface area (Å²) in [6, 6.07) is 7.99. The van der Waals surface area contributed by atoms with Gasteiger partial charge in [-0.25, -0.2) is 0 Å². The molecule has 5 nitrogen and oxygen atoms in total. The molecule has 2 heterocycles. The molecule has 162 valence electrons. The van der Waals surface area contributed by atoms with Gasteiger partial charge in [0.2, 0.25) is 0 Å². The van der Waals surface area contributed by atoms with Gasteiger partial charge < -0.3 is 10.3 Å². The van der Waals surface area contributed by atoms with Gasteiger partial charge in [-0.3, -0.25) is 9.89 Å². The minimum absolute atomic E-state index is 0.0148. The Morgan fingerprint density at radius 1 is 1.17 bits per heavy atom. The molecule has 0 bridgehead atoms. The number of fused-ring (bicyclic) bond motifs is 1. The lowest BCUT2D eigenvalue weighted by molar-refractivity contribution is 0.0910. The van der Waals surface area contributed by atoms with E-state index in [1.165, 1.54) is 11.3 Å². The third-order valence-electron chi connectivity index (χ3n) is 6.51. The fraction of sp³-hybridized carbons (Fsp3) is 0.520. The van der Waals surface area contributed by atoms with Crippen LogP contribution < -0.4 is 5.32 Å². The summed E-state index contributed by atoms with van der Waals surface area (Å²) in [6.45, 7) is 17.3. The Balaban J connectivity index is 1.87. The van der Waals surface area contributed by atoms with Gasteiger partial charge in [0.25, 0.3) is 5.91 Å². The fourth-order valence-corrected chi connectivity index (χ4v) is 3.36. The van der Waals surface area contributed by atoms with Gasteiger partial charge in [-0.1, -0.05) is 54.0 Å². The maximum Gasteiger partial charge on any atom is 0.251 e. The van der Waals surface area contributed by atoms with Crippen molar-refractivity contribution < 1.29 is 4.79 Å². The average molecular weight is 409 g/mol. The molecule has 0 aliphatic carbocycles. The molecule has 0 radical (unpaired) electrons. The van der Waals surface area contributed by atoms with Gasteiger partial charge in [0.1, 0.15) is 5.69 Å². The molecule has 3 aromatic rings. The number of hydrogen-bond acceptors (Lipinski definition) is 2. The maximum absolute atomic E-state index is 12.7.